The first-order valence-corrected chi connectivity index (χ1v) is 3.63. The highest BCUT2D eigenvalue weighted by Gasteiger charge is 2.14. The first kappa shape index (κ1) is 9.74. The molecule has 0 bridgehead atoms. The Morgan fingerprint density at radius 1 is 1.36 bits per heavy atom. The minimum absolute atomic E-state index is 0.100. The summed E-state index contributed by atoms with van der Waals surface area (Å²) >= 11 is 0. The standard InChI is InChI=1S/C9H6N2O3/c10-4-5-1-2-6(8(11)12)7(3-5)9(13)14/h1-3H,(H2,11,12)(H,13,14). The molecule has 0 saturated heterocycles. The largest absolute Gasteiger partial charge is 0.478 e. The average Bonchev–Trinajstić information content (AvgIpc) is 2.16. The van der Waals surface area contributed by atoms with E-state index in [2.05, 4.69) is 0 Å². The monoisotopic (exact) mass is 190 g/mol. The number of amides is 1. The highest BCUT2D eigenvalue weighted by molar-refractivity contribution is 6.04. The quantitative estimate of drug-likeness (QED) is 0.702. The lowest BCUT2D eigenvalue weighted by molar-refractivity contribution is 0.0692. The van der Waals surface area contributed by atoms with Crippen LogP contribution in [0.2, 0.25) is 0 Å². The van der Waals surface area contributed by atoms with Gasteiger partial charge in [-0.3, -0.25) is 4.79 Å². The van der Waals surface area contributed by atoms with Crippen LogP contribution in [-0.2, 0) is 0 Å². The fourth-order valence-electron chi connectivity index (χ4n) is 1.01. The molecule has 0 aliphatic carbocycles. The average molecular weight is 190 g/mol. The molecule has 0 atom stereocenters. The van der Waals surface area contributed by atoms with Crippen LogP contribution in [0.25, 0.3) is 0 Å². The zero-order valence-electron chi connectivity index (χ0n) is 7.02. The molecule has 1 aromatic carbocycles. The van der Waals surface area contributed by atoms with E-state index >= 15 is 0 Å². The molecule has 5 nitrogen and oxygen atoms in total. The number of nitriles is 1. The number of carbonyl (C=O) groups is 2. The Morgan fingerprint density at radius 3 is 2.43 bits per heavy atom. The number of carbonyl (C=O) groups excluding carboxylic acids is 1. The third-order valence-corrected chi connectivity index (χ3v) is 1.64. The molecular weight excluding hydrogens is 184 g/mol. The number of benzene rings is 1. The Kier molecular flexibility index (Phi) is 2.49. The van der Waals surface area contributed by atoms with Crippen molar-refractivity contribution in [3.8, 4) is 6.07 Å². The molecule has 1 rings (SSSR count). The van der Waals surface area contributed by atoms with E-state index in [0.717, 1.165) is 6.07 Å². The lowest BCUT2D eigenvalue weighted by atomic mass is 10.0. The normalized spacial score (nSPS) is 9.07. The summed E-state index contributed by atoms with van der Waals surface area (Å²) in [5.74, 6) is -2.11. The molecule has 1 aromatic rings. The van der Waals surface area contributed by atoms with Crippen molar-refractivity contribution in [2.75, 3.05) is 0 Å². The second kappa shape index (κ2) is 3.58. The minimum atomic E-state index is -1.28. The van der Waals surface area contributed by atoms with E-state index in [-0.39, 0.29) is 16.7 Å². The van der Waals surface area contributed by atoms with Gasteiger partial charge in [-0.2, -0.15) is 5.26 Å². The SMILES string of the molecule is N#Cc1ccc(C(N)=O)c(C(=O)O)c1. The lowest BCUT2D eigenvalue weighted by Crippen LogP contribution is -2.16. The van der Waals surface area contributed by atoms with Gasteiger partial charge in [-0.05, 0) is 18.2 Å². The van der Waals surface area contributed by atoms with Crippen molar-refractivity contribution in [2.45, 2.75) is 0 Å². The second-order valence-electron chi connectivity index (χ2n) is 2.54. The Hall–Kier alpha value is -2.35. The van der Waals surface area contributed by atoms with E-state index in [9.17, 15) is 9.59 Å². The molecule has 0 aliphatic rings. The first-order valence-electron chi connectivity index (χ1n) is 3.63. The van der Waals surface area contributed by atoms with Crippen LogP contribution >= 0.6 is 0 Å². The summed E-state index contributed by atoms with van der Waals surface area (Å²) in [6.07, 6.45) is 0. The van der Waals surface area contributed by atoms with Gasteiger partial charge in [0.25, 0.3) is 0 Å². The van der Waals surface area contributed by atoms with Gasteiger partial charge >= 0.3 is 5.97 Å². The molecule has 0 fully saturated rings. The summed E-state index contributed by atoms with van der Waals surface area (Å²) < 4.78 is 0. The molecule has 0 saturated carbocycles. The Bertz CT molecular complexity index is 446. The fraction of sp³-hybridized carbons (Fsp3) is 0. The van der Waals surface area contributed by atoms with E-state index in [0.29, 0.717) is 0 Å². The number of nitrogens with two attached hydrogens (primary N) is 1. The summed E-state index contributed by atoms with van der Waals surface area (Å²) in [7, 11) is 0. The maximum atomic E-state index is 10.8. The van der Waals surface area contributed by atoms with Crippen LogP contribution in [0.3, 0.4) is 0 Å². The molecule has 0 aromatic heterocycles. The van der Waals surface area contributed by atoms with Crippen LogP contribution in [0.15, 0.2) is 18.2 Å². The molecular formula is C9H6N2O3. The molecule has 0 unspecified atom stereocenters. The lowest BCUT2D eigenvalue weighted by Gasteiger charge is -2.01. The van der Waals surface area contributed by atoms with Crippen molar-refractivity contribution in [1.29, 1.82) is 5.26 Å². The third-order valence-electron chi connectivity index (χ3n) is 1.64. The van der Waals surface area contributed by atoms with Crippen LogP contribution in [0, 0.1) is 11.3 Å². The second-order valence-corrected chi connectivity index (χ2v) is 2.54. The molecule has 0 radical (unpaired) electrons. The van der Waals surface area contributed by atoms with Gasteiger partial charge in [-0.15, -0.1) is 0 Å². The Labute approximate surface area is 79.4 Å². The smallest absolute Gasteiger partial charge is 0.336 e. The maximum absolute atomic E-state index is 10.8. The summed E-state index contributed by atoms with van der Waals surface area (Å²) in [5, 5.41) is 17.2. The van der Waals surface area contributed by atoms with Gasteiger partial charge in [0.15, 0.2) is 0 Å². The maximum Gasteiger partial charge on any atom is 0.336 e. The first-order chi connectivity index (χ1) is 6.56. The molecule has 5 heteroatoms. The van der Waals surface area contributed by atoms with Gasteiger partial charge in [0, 0.05) is 0 Å². The summed E-state index contributed by atoms with van der Waals surface area (Å²) in [6.45, 7) is 0. The zero-order valence-corrected chi connectivity index (χ0v) is 7.02. The van der Waals surface area contributed by atoms with Gasteiger partial charge in [0.1, 0.15) is 0 Å². The number of nitrogens with zero attached hydrogens (tertiary/aromatic N) is 1. The highest BCUT2D eigenvalue weighted by atomic mass is 16.4. The number of hydrogen-bond acceptors (Lipinski definition) is 3. The van der Waals surface area contributed by atoms with E-state index in [4.69, 9.17) is 16.1 Å². The minimum Gasteiger partial charge on any atom is -0.478 e. The number of aromatic carboxylic acids is 1. The number of rotatable bonds is 2. The molecule has 0 aliphatic heterocycles. The van der Waals surface area contributed by atoms with Gasteiger partial charge in [0.2, 0.25) is 5.91 Å². The van der Waals surface area contributed by atoms with Crippen LogP contribution in [-0.4, -0.2) is 17.0 Å². The topological polar surface area (TPSA) is 104 Å². The summed E-state index contributed by atoms with van der Waals surface area (Å²) in [4.78, 5) is 21.5. The predicted molar refractivity (Wildman–Crippen MR) is 46.6 cm³/mol. The van der Waals surface area contributed by atoms with E-state index in [1.54, 1.807) is 6.07 Å². The van der Waals surface area contributed by atoms with Crippen LogP contribution in [0.5, 0.6) is 0 Å². The molecule has 0 heterocycles. The van der Waals surface area contributed by atoms with Gasteiger partial charge < -0.3 is 10.8 Å². The Morgan fingerprint density at radius 2 is 2.00 bits per heavy atom. The van der Waals surface area contributed by atoms with Crippen molar-refractivity contribution >= 4 is 11.9 Å². The zero-order chi connectivity index (χ0) is 10.7. The van der Waals surface area contributed by atoms with Crippen molar-refractivity contribution in [1.82, 2.24) is 0 Å². The van der Waals surface area contributed by atoms with E-state index in [1.807, 2.05) is 0 Å². The molecule has 3 N–H and O–H groups in total. The van der Waals surface area contributed by atoms with E-state index in [1.165, 1.54) is 12.1 Å². The predicted octanol–water partition coefficient (Wildman–Crippen LogP) is 0.355. The molecule has 70 valence electrons. The number of hydrogen-bond donors (Lipinski definition) is 2. The van der Waals surface area contributed by atoms with Crippen LogP contribution in [0.4, 0.5) is 0 Å². The van der Waals surface area contributed by atoms with Crippen LogP contribution in [0.1, 0.15) is 26.3 Å². The van der Waals surface area contributed by atoms with Crippen molar-refractivity contribution in [2.24, 2.45) is 5.73 Å². The molecule has 14 heavy (non-hydrogen) atoms. The number of primary amides is 1. The number of carboxylic acids is 1. The van der Waals surface area contributed by atoms with Gasteiger partial charge in [0.05, 0.1) is 22.8 Å². The third kappa shape index (κ3) is 1.69. The highest BCUT2D eigenvalue weighted by Crippen LogP contribution is 2.11. The summed E-state index contributed by atoms with van der Waals surface area (Å²) in [5.41, 5.74) is 4.78. The van der Waals surface area contributed by atoms with Crippen molar-refractivity contribution in [3.63, 3.8) is 0 Å². The van der Waals surface area contributed by atoms with Gasteiger partial charge in [-0.25, -0.2) is 4.79 Å². The van der Waals surface area contributed by atoms with Crippen molar-refractivity contribution in [3.05, 3.63) is 34.9 Å². The van der Waals surface area contributed by atoms with Crippen molar-refractivity contribution < 1.29 is 14.7 Å². The summed E-state index contributed by atoms with van der Waals surface area (Å²) in [6, 6.07) is 5.45. The fourth-order valence-corrected chi connectivity index (χ4v) is 1.01. The number of carboxylic acid groups (broad SMARTS) is 1. The molecule has 1 amide bonds. The Balaban J connectivity index is 3.40. The van der Waals surface area contributed by atoms with E-state index < -0.39 is 11.9 Å². The van der Waals surface area contributed by atoms with Crippen LogP contribution < -0.4 is 5.73 Å². The van der Waals surface area contributed by atoms with Gasteiger partial charge in [-0.1, -0.05) is 0 Å². The molecule has 0 spiro atoms.